The fourth-order valence-corrected chi connectivity index (χ4v) is 2.31. The Balaban J connectivity index is 1.77. The molecule has 0 aromatic heterocycles. The van der Waals surface area contributed by atoms with E-state index in [1.54, 1.807) is 0 Å². The second-order valence-corrected chi connectivity index (χ2v) is 5.45. The molecule has 0 fully saturated rings. The van der Waals surface area contributed by atoms with Gasteiger partial charge in [0.15, 0.2) is 5.11 Å². The summed E-state index contributed by atoms with van der Waals surface area (Å²) in [6, 6.07) is 17.9. The summed E-state index contributed by atoms with van der Waals surface area (Å²) in [6.45, 7) is 2.11. The molecule has 2 N–H and O–H groups in total. The van der Waals surface area contributed by atoms with E-state index in [2.05, 4.69) is 17.6 Å². The molecule has 0 aliphatic carbocycles. The molecule has 0 unspecified atom stereocenters. The van der Waals surface area contributed by atoms with Gasteiger partial charge in [-0.3, -0.25) is 4.79 Å². The highest BCUT2D eigenvalue weighted by molar-refractivity contribution is 7.80. The largest absolute Gasteiger partial charge is 0.332 e. The zero-order valence-corrected chi connectivity index (χ0v) is 13.5. The highest BCUT2D eigenvalue weighted by Gasteiger charge is 2.05. The standard InChI is InChI=1S/C18H20N2OS/c1-2-14-8-11-16(12-9-14)19-18(22)20-17(21)13-10-15-6-4-3-5-7-15/h3-9,11-12H,2,10,13H2,1H3,(H2,19,20,21,22). The number of anilines is 1. The monoisotopic (exact) mass is 312 g/mol. The molecular formula is C18H20N2OS. The molecule has 22 heavy (non-hydrogen) atoms. The van der Waals surface area contributed by atoms with Gasteiger partial charge in [0.25, 0.3) is 0 Å². The zero-order chi connectivity index (χ0) is 15.8. The van der Waals surface area contributed by atoms with Crippen LogP contribution < -0.4 is 10.6 Å². The molecule has 2 aromatic rings. The van der Waals surface area contributed by atoms with Crippen molar-refractivity contribution in [1.82, 2.24) is 5.32 Å². The number of nitrogens with one attached hydrogen (secondary N) is 2. The van der Waals surface area contributed by atoms with E-state index in [0.29, 0.717) is 18.0 Å². The van der Waals surface area contributed by atoms with Crippen molar-refractivity contribution in [3.8, 4) is 0 Å². The van der Waals surface area contributed by atoms with E-state index in [4.69, 9.17) is 12.2 Å². The first kappa shape index (κ1) is 16.2. The number of thiocarbonyl (C=S) groups is 1. The third-order valence-corrected chi connectivity index (χ3v) is 3.56. The Morgan fingerprint density at radius 1 is 1.00 bits per heavy atom. The third kappa shape index (κ3) is 5.30. The van der Waals surface area contributed by atoms with Crippen molar-refractivity contribution >= 4 is 28.9 Å². The van der Waals surface area contributed by atoms with Crippen LogP contribution in [0.15, 0.2) is 54.6 Å². The van der Waals surface area contributed by atoms with Gasteiger partial charge in [0.2, 0.25) is 5.91 Å². The Bertz CT molecular complexity index is 623. The predicted octanol–water partition coefficient (Wildman–Crippen LogP) is 3.69. The minimum absolute atomic E-state index is 0.0773. The topological polar surface area (TPSA) is 41.1 Å². The molecule has 0 saturated carbocycles. The third-order valence-electron chi connectivity index (χ3n) is 3.36. The minimum atomic E-state index is -0.0773. The summed E-state index contributed by atoms with van der Waals surface area (Å²) < 4.78 is 0. The number of hydrogen-bond donors (Lipinski definition) is 2. The number of carbonyl (C=O) groups is 1. The summed E-state index contributed by atoms with van der Waals surface area (Å²) in [5.41, 5.74) is 3.29. The van der Waals surface area contributed by atoms with E-state index >= 15 is 0 Å². The Morgan fingerprint density at radius 3 is 2.32 bits per heavy atom. The van der Waals surface area contributed by atoms with E-state index in [1.165, 1.54) is 5.56 Å². The maximum Gasteiger partial charge on any atom is 0.226 e. The first-order valence-corrected chi connectivity index (χ1v) is 7.82. The van der Waals surface area contributed by atoms with Crippen LogP contribution in [0.25, 0.3) is 0 Å². The van der Waals surface area contributed by atoms with Crippen LogP contribution in [0.4, 0.5) is 5.69 Å². The number of rotatable bonds is 5. The fourth-order valence-electron chi connectivity index (χ4n) is 2.08. The molecular weight excluding hydrogens is 292 g/mol. The van der Waals surface area contributed by atoms with Crippen LogP contribution in [0.5, 0.6) is 0 Å². The summed E-state index contributed by atoms with van der Waals surface area (Å²) in [6.07, 6.45) is 2.13. The smallest absolute Gasteiger partial charge is 0.226 e. The van der Waals surface area contributed by atoms with Gasteiger partial charge in [-0.15, -0.1) is 0 Å². The van der Waals surface area contributed by atoms with E-state index < -0.39 is 0 Å². The molecule has 0 saturated heterocycles. The normalized spacial score (nSPS) is 10.0. The van der Waals surface area contributed by atoms with Crippen molar-refractivity contribution in [3.05, 3.63) is 65.7 Å². The SMILES string of the molecule is CCc1ccc(NC(=S)NC(=O)CCc2ccccc2)cc1. The molecule has 2 aromatic carbocycles. The Labute approximate surface area is 136 Å². The average Bonchev–Trinajstić information content (AvgIpc) is 2.54. The average molecular weight is 312 g/mol. The van der Waals surface area contributed by atoms with Crippen LogP contribution in [0.1, 0.15) is 24.5 Å². The lowest BCUT2D eigenvalue weighted by molar-refractivity contribution is -0.119. The molecule has 0 radical (unpaired) electrons. The molecule has 3 nitrogen and oxygen atoms in total. The van der Waals surface area contributed by atoms with Crippen LogP contribution >= 0.6 is 12.2 Å². The Kier molecular flexibility index (Phi) is 6.10. The summed E-state index contributed by atoms with van der Waals surface area (Å²) in [5, 5.41) is 6.07. The lowest BCUT2D eigenvalue weighted by Gasteiger charge is -2.10. The van der Waals surface area contributed by atoms with Crippen molar-refractivity contribution in [2.45, 2.75) is 26.2 Å². The van der Waals surface area contributed by atoms with Gasteiger partial charge in [-0.1, -0.05) is 49.4 Å². The van der Waals surface area contributed by atoms with Crippen LogP contribution in [0.2, 0.25) is 0 Å². The van der Waals surface area contributed by atoms with Gasteiger partial charge in [0.1, 0.15) is 0 Å². The number of aryl methyl sites for hydroxylation is 2. The summed E-state index contributed by atoms with van der Waals surface area (Å²) in [5.74, 6) is -0.0773. The van der Waals surface area contributed by atoms with Crippen LogP contribution in [-0.2, 0) is 17.6 Å². The molecule has 1 amide bonds. The predicted molar refractivity (Wildman–Crippen MR) is 94.9 cm³/mol. The van der Waals surface area contributed by atoms with Gasteiger partial charge in [-0.2, -0.15) is 0 Å². The second-order valence-electron chi connectivity index (χ2n) is 5.04. The number of hydrogen-bond acceptors (Lipinski definition) is 2. The van der Waals surface area contributed by atoms with Gasteiger partial charge in [0, 0.05) is 12.1 Å². The summed E-state index contributed by atoms with van der Waals surface area (Å²) in [4.78, 5) is 11.9. The molecule has 0 aliphatic rings. The van der Waals surface area contributed by atoms with Gasteiger partial charge in [-0.05, 0) is 48.3 Å². The highest BCUT2D eigenvalue weighted by Crippen LogP contribution is 2.09. The molecule has 2 rings (SSSR count). The van der Waals surface area contributed by atoms with Gasteiger partial charge >= 0.3 is 0 Å². The highest BCUT2D eigenvalue weighted by atomic mass is 32.1. The summed E-state index contributed by atoms with van der Waals surface area (Å²) >= 11 is 5.16. The molecule has 0 atom stereocenters. The van der Waals surface area contributed by atoms with E-state index in [1.807, 2.05) is 54.6 Å². The first-order valence-electron chi connectivity index (χ1n) is 7.41. The number of amides is 1. The molecule has 114 valence electrons. The van der Waals surface area contributed by atoms with Crippen molar-refractivity contribution in [3.63, 3.8) is 0 Å². The van der Waals surface area contributed by atoms with Crippen LogP contribution in [0, 0.1) is 0 Å². The molecule has 4 heteroatoms. The van der Waals surface area contributed by atoms with Crippen molar-refractivity contribution in [2.24, 2.45) is 0 Å². The van der Waals surface area contributed by atoms with Crippen molar-refractivity contribution in [1.29, 1.82) is 0 Å². The summed E-state index contributed by atoms with van der Waals surface area (Å²) in [7, 11) is 0. The van der Waals surface area contributed by atoms with Crippen molar-refractivity contribution in [2.75, 3.05) is 5.32 Å². The van der Waals surface area contributed by atoms with Gasteiger partial charge in [-0.25, -0.2) is 0 Å². The molecule has 0 spiro atoms. The first-order chi connectivity index (χ1) is 10.7. The Morgan fingerprint density at radius 2 is 1.68 bits per heavy atom. The number of benzene rings is 2. The molecule has 0 bridgehead atoms. The number of carbonyl (C=O) groups excluding carboxylic acids is 1. The second kappa shape index (κ2) is 8.29. The minimum Gasteiger partial charge on any atom is -0.332 e. The lowest BCUT2D eigenvalue weighted by atomic mass is 10.1. The van der Waals surface area contributed by atoms with Crippen LogP contribution in [0.3, 0.4) is 0 Å². The van der Waals surface area contributed by atoms with Crippen LogP contribution in [-0.4, -0.2) is 11.0 Å². The Hall–Kier alpha value is -2.20. The molecule has 0 heterocycles. The van der Waals surface area contributed by atoms with Gasteiger partial charge < -0.3 is 10.6 Å². The zero-order valence-electron chi connectivity index (χ0n) is 12.6. The van der Waals surface area contributed by atoms with E-state index in [9.17, 15) is 4.79 Å². The van der Waals surface area contributed by atoms with E-state index in [-0.39, 0.29) is 5.91 Å². The van der Waals surface area contributed by atoms with Gasteiger partial charge in [0.05, 0.1) is 0 Å². The van der Waals surface area contributed by atoms with E-state index in [0.717, 1.165) is 17.7 Å². The lowest BCUT2D eigenvalue weighted by Crippen LogP contribution is -2.34. The van der Waals surface area contributed by atoms with Crippen molar-refractivity contribution < 1.29 is 4.79 Å². The molecule has 0 aliphatic heterocycles. The maximum absolute atomic E-state index is 11.9. The quantitative estimate of drug-likeness (QED) is 0.827. The fraction of sp³-hybridized carbons (Fsp3) is 0.222. The maximum atomic E-state index is 11.9.